The minimum Gasteiger partial charge on any atom is -0.373 e. The molecule has 31 heavy (non-hydrogen) atoms. The molecule has 2 fully saturated rings. The Morgan fingerprint density at radius 2 is 2.06 bits per heavy atom. The van der Waals surface area contributed by atoms with E-state index >= 15 is 0 Å². The summed E-state index contributed by atoms with van der Waals surface area (Å²) >= 11 is 0. The maximum absolute atomic E-state index is 6.14. The zero-order valence-electron chi connectivity index (χ0n) is 18.5. The van der Waals surface area contributed by atoms with Gasteiger partial charge < -0.3 is 15.0 Å². The molecule has 2 saturated heterocycles. The zero-order valence-corrected chi connectivity index (χ0v) is 20.9. The van der Waals surface area contributed by atoms with E-state index in [9.17, 15) is 0 Å². The summed E-state index contributed by atoms with van der Waals surface area (Å²) in [5, 5.41) is 3.49. The Bertz CT molecular complexity index is 847. The molecule has 2 aromatic rings. The number of morpholine rings is 1. The summed E-state index contributed by atoms with van der Waals surface area (Å²) in [6.07, 6.45) is 4.96. The van der Waals surface area contributed by atoms with Crippen LogP contribution in [0.15, 0.2) is 53.8 Å². The number of hydrogen-bond acceptors (Lipinski definition) is 4. The second-order valence-corrected chi connectivity index (χ2v) is 8.13. The average molecular weight is 535 g/mol. The maximum Gasteiger partial charge on any atom is 0.194 e. The summed E-state index contributed by atoms with van der Waals surface area (Å²) in [5.74, 6) is 1.00. The fourth-order valence-corrected chi connectivity index (χ4v) is 4.44. The van der Waals surface area contributed by atoms with Gasteiger partial charge >= 0.3 is 0 Å². The standard InChI is InChI=1S/C24H33N5O.HI/c1-3-26-24(27-12-10-21-9-11-25-15-19(21)2)29-17-22-23(18-29)30-14-13-28(22)16-20-7-5-4-6-8-20;/h4-9,11,15,22-23H,3,10,12-14,16-18H2,1-2H3,(H,26,27);1H. The van der Waals surface area contributed by atoms with E-state index in [1.54, 1.807) is 0 Å². The van der Waals surface area contributed by atoms with Crippen LogP contribution in [0.3, 0.4) is 0 Å². The van der Waals surface area contributed by atoms with Gasteiger partial charge in [0.2, 0.25) is 0 Å². The monoisotopic (exact) mass is 535 g/mol. The third-order valence-corrected chi connectivity index (χ3v) is 6.06. The highest BCUT2D eigenvalue weighted by Gasteiger charge is 2.41. The molecule has 1 aromatic heterocycles. The smallest absolute Gasteiger partial charge is 0.194 e. The van der Waals surface area contributed by atoms with Crippen molar-refractivity contribution in [2.75, 3.05) is 39.3 Å². The summed E-state index contributed by atoms with van der Waals surface area (Å²) in [5.41, 5.74) is 3.91. The molecule has 1 N–H and O–H groups in total. The Morgan fingerprint density at radius 1 is 1.23 bits per heavy atom. The first kappa shape index (κ1) is 23.9. The summed E-state index contributed by atoms with van der Waals surface area (Å²) in [6.45, 7) is 10.5. The Hall–Kier alpha value is -1.71. The lowest BCUT2D eigenvalue weighted by molar-refractivity contribution is -0.0502. The van der Waals surface area contributed by atoms with Crippen LogP contribution in [-0.2, 0) is 17.7 Å². The van der Waals surface area contributed by atoms with E-state index in [0.717, 1.165) is 58.3 Å². The molecule has 2 unspecified atom stereocenters. The fraction of sp³-hybridized carbons (Fsp3) is 0.500. The summed E-state index contributed by atoms with van der Waals surface area (Å²) in [4.78, 5) is 14.1. The number of pyridine rings is 1. The molecule has 2 aliphatic rings. The van der Waals surface area contributed by atoms with Crippen LogP contribution in [0.5, 0.6) is 0 Å². The van der Waals surface area contributed by atoms with Gasteiger partial charge in [0, 0.05) is 51.7 Å². The summed E-state index contributed by atoms with van der Waals surface area (Å²) in [6, 6.07) is 13.2. The lowest BCUT2D eigenvalue weighted by Crippen LogP contribution is -2.50. The number of benzene rings is 1. The molecule has 7 heteroatoms. The van der Waals surface area contributed by atoms with Gasteiger partial charge in [-0.1, -0.05) is 30.3 Å². The quantitative estimate of drug-likeness (QED) is 0.350. The molecule has 2 atom stereocenters. The molecule has 0 amide bonds. The molecule has 2 aliphatic heterocycles. The van der Waals surface area contributed by atoms with Crippen molar-refractivity contribution >= 4 is 29.9 Å². The molecule has 1 aromatic carbocycles. The van der Waals surface area contributed by atoms with Gasteiger partial charge in [-0.25, -0.2) is 0 Å². The maximum atomic E-state index is 6.14. The number of halogens is 1. The first-order valence-electron chi connectivity index (χ1n) is 11.1. The van der Waals surface area contributed by atoms with Crippen molar-refractivity contribution in [2.24, 2.45) is 4.99 Å². The topological polar surface area (TPSA) is 53.0 Å². The molecular formula is C24H34IN5O. The molecule has 168 valence electrons. The fourth-order valence-electron chi connectivity index (χ4n) is 4.44. The molecule has 4 rings (SSSR count). The zero-order chi connectivity index (χ0) is 20.8. The van der Waals surface area contributed by atoms with E-state index in [-0.39, 0.29) is 30.1 Å². The van der Waals surface area contributed by atoms with Crippen LogP contribution < -0.4 is 5.32 Å². The minimum absolute atomic E-state index is 0. The Balaban J connectivity index is 0.00000272. The van der Waals surface area contributed by atoms with Gasteiger partial charge in [0.15, 0.2) is 5.96 Å². The third kappa shape index (κ3) is 6.17. The highest BCUT2D eigenvalue weighted by atomic mass is 127. The number of aryl methyl sites for hydroxylation is 1. The van der Waals surface area contributed by atoms with Crippen molar-refractivity contribution in [3.63, 3.8) is 0 Å². The van der Waals surface area contributed by atoms with Crippen molar-refractivity contribution in [2.45, 2.75) is 39.0 Å². The van der Waals surface area contributed by atoms with Crippen LogP contribution in [-0.4, -0.2) is 72.2 Å². The number of aromatic nitrogens is 1. The molecule has 0 radical (unpaired) electrons. The van der Waals surface area contributed by atoms with E-state index in [4.69, 9.17) is 9.73 Å². The lowest BCUT2D eigenvalue weighted by Gasteiger charge is -2.36. The van der Waals surface area contributed by atoms with Crippen molar-refractivity contribution in [1.29, 1.82) is 0 Å². The van der Waals surface area contributed by atoms with E-state index in [1.165, 1.54) is 16.7 Å². The highest BCUT2D eigenvalue weighted by Crippen LogP contribution is 2.24. The number of nitrogens with zero attached hydrogens (tertiary/aromatic N) is 4. The molecule has 0 bridgehead atoms. The van der Waals surface area contributed by atoms with Gasteiger partial charge in [-0.15, -0.1) is 24.0 Å². The van der Waals surface area contributed by atoms with Crippen LogP contribution in [0, 0.1) is 6.92 Å². The van der Waals surface area contributed by atoms with Crippen LogP contribution in [0.1, 0.15) is 23.6 Å². The van der Waals surface area contributed by atoms with Crippen molar-refractivity contribution in [3.05, 3.63) is 65.5 Å². The van der Waals surface area contributed by atoms with Crippen molar-refractivity contribution in [3.8, 4) is 0 Å². The number of rotatable bonds is 6. The number of nitrogens with one attached hydrogen (secondary N) is 1. The first-order chi connectivity index (χ1) is 14.7. The third-order valence-electron chi connectivity index (χ3n) is 6.06. The van der Waals surface area contributed by atoms with Crippen LogP contribution in [0.25, 0.3) is 0 Å². The van der Waals surface area contributed by atoms with Gasteiger partial charge in [-0.3, -0.25) is 14.9 Å². The molecule has 6 nitrogen and oxygen atoms in total. The van der Waals surface area contributed by atoms with E-state index in [0.29, 0.717) is 6.04 Å². The van der Waals surface area contributed by atoms with Crippen LogP contribution in [0.4, 0.5) is 0 Å². The first-order valence-corrected chi connectivity index (χ1v) is 11.1. The predicted octanol–water partition coefficient (Wildman–Crippen LogP) is 3.10. The van der Waals surface area contributed by atoms with Gasteiger partial charge in [0.05, 0.1) is 18.8 Å². The highest BCUT2D eigenvalue weighted by molar-refractivity contribution is 14.0. The van der Waals surface area contributed by atoms with E-state index in [1.807, 2.05) is 12.4 Å². The average Bonchev–Trinajstić information content (AvgIpc) is 3.20. The molecular weight excluding hydrogens is 501 g/mol. The van der Waals surface area contributed by atoms with Gasteiger partial charge in [-0.05, 0) is 43.0 Å². The minimum atomic E-state index is 0. The normalized spacial score (nSPS) is 21.5. The Kier molecular flexibility index (Phi) is 9.10. The van der Waals surface area contributed by atoms with Crippen molar-refractivity contribution < 1.29 is 4.74 Å². The Labute approximate surface area is 203 Å². The number of guanidine groups is 1. The summed E-state index contributed by atoms with van der Waals surface area (Å²) in [7, 11) is 0. The van der Waals surface area contributed by atoms with E-state index < -0.39 is 0 Å². The second-order valence-electron chi connectivity index (χ2n) is 8.13. The molecule has 0 saturated carbocycles. The summed E-state index contributed by atoms with van der Waals surface area (Å²) < 4.78 is 6.14. The number of aliphatic imine (C=N–C) groups is 1. The van der Waals surface area contributed by atoms with Gasteiger partial charge in [0.1, 0.15) is 0 Å². The largest absolute Gasteiger partial charge is 0.373 e. The van der Waals surface area contributed by atoms with Crippen molar-refractivity contribution in [1.82, 2.24) is 20.1 Å². The van der Waals surface area contributed by atoms with Crippen LogP contribution in [0.2, 0.25) is 0 Å². The number of fused-ring (bicyclic) bond motifs is 1. The molecule has 0 spiro atoms. The Morgan fingerprint density at radius 3 is 2.84 bits per heavy atom. The van der Waals surface area contributed by atoms with Gasteiger partial charge in [0.25, 0.3) is 0 Å². The number of hydrogen-bond donors (Lipinski definition) is 1. The molecule has 0 aliphatic carbocycles. The van der Waals surface area contributed by atoms with Crippen LogP contribution >= 0.6 is 24.0 Å². The predicted molar refractivity (Wildman–Crippen MR) is 136 cm³/mol. The van der Waals surface area contributed by atoms with E-state index in [2.05, 4.69) is 70.3 Å². The number of ether oxygens (including phenoxy) is 1. The second kappa shape index (κ2) is 11.8. The number of likely N-dealkylation sites (tertiary alicyclic amines) is 1. The SMILES string of the molecule is CCNC(=NCCc1ccncc1C)N1CC2OCCN(Cc3ccccc3)C2C1.I. The molecule has 3 heterocycles. The van der Waals surface area contributed by atoms with Gasteiger partial charge in [-0.2, -0.15) is 0 Å². The lowest BCUT2D eigenvalue weighted by atomic mass is 10.1.